The molecule has 0 spiro atoms. The first-order valence-corrected chi connectivity index (χ1v) is 7.11. The Kier molecular flexibility index (Phi) is 4.40. The number of Topliss-reactive ketones (excluding diaryl/α,β-unsaturated/α-hetero) is 1. The molecule has 0 saturated carbocycles. The minimum atomic E-state index is 0.166. The predicted molar refractivity (Wildman–Crippen MR) is 76.5 cm³/mol. The molecule has 98 valence electrons. The Morgan fingerprint density at radius 3 is 2.83 bits per heavy atom. The van der Waals surface area contributed by atoms with E-state index in [1.165, 1.54) is 36.9 Å². The molecule has 1 heterocycles. The van der Waals surface area contributed by atoms with Crippen molar-refractivity contribution in [3.8, 4) is 0 Å². The molecule has 0 atom stereocenters. The van der Waals surface area contributed by atoms with E-state index in [1.54, 1.807) is 6.92 Å². The van der Waals surface area contributed by atoms with E-state index in [1.807, 2.05) is 6.07 Å². The molecule has 0 unspecified atom stereocenters. The second-order valence-corrected chi connectivity index (χ2v) is 5.20. The fraction of sp³-hybridized carbons (Fsp3) is 0.562. The van der Waals surface area contributed by atoms with Gasteiger partial charge in [0.15, 0.2) is 5.78 Å². The van der Waals surface area contributed by atoms with Crippen molar-refractivity contribution < 1.29 is 4.79 Å². The third kappa shape index (κ3) is 2.92. The zero-order valence-corrected chi connectivity index (χ0v) is 11.5. The molecular formula is C16H23NO. The minimum absolute atomic E-state index is 0.166. The Bertz CT molecular complexity index is 425. The van der Waals surface area contributed by atoms with Gasteiger partial charge in [0, 0.05) is 24.3 Å². The molecule has 0 aromatic heterocycles. The first-order chi connectivity index (χ1) is 8.72. The van der Waals surface area contributed by atoms with E-state index in [0.29, 0.717) is 0 Å². The fourth-order valence-corrected chi connectivity index (χ4v) is 2.65. The van der Waals surface area contributed by atoms with Gasteiger partial charge in [-0.3, -0.25) is 4.79 Å². The fourth-order valence-electron chi connectivity index (χ4n) is 2.65. The van der Waals surface area contributed by atoms with E-state index in [2.05, 4.69) is 24.0 Å². The van der Waals surface area contributed by atoms with Crippen LogP contribution < -0.4 is 4.90 Å². The molecule has 0 aliphatic carbocycles. The quantitative estimate of drug-likeness (QED) is 0.561. The molecular weight excluding hydrogens is 222 g/mol. The summed E-state index contributed by atoms with van der Waals surface area (Å²) < 4.78 is 0. The van der Waals surface area contributed by atoms with Crippen molar-refractivity contribution in [3.63, 3.8) is 0 Å². The predicted octanol–water partition coefficient (Wildman–Crippen LogP) is 3.83. The molecule has 1 aliphatic heterocycles. The third-order valence-electron chi connectivity index (χ3n) is 3.76. The summed E-state index contributed by atoms with van der Waals surface area (Å²) in [7, 11) is 0. The molecule has 0 saturated heterocycles. The molecule has 2 nitrogen and oxygen atoms in total. The van der Waals surface area contributed by atoms with Crippen molar-refractivity contribution in [1.82, 2.24) is 0 Å². The zero-order valence-electron chi connectivity index (χ0n) is 11.5. The van der Waals surface area contributed by atoms with Crippen LogP contribution in [0.2, 0.25) is 0 Å². The van der Waals surface area contributed by atoms with Gasteiger partial charge in [-0.15, -0.1) is 0 Å². The highest BCUT2D eigenvalue weighted by molar-refractivity contribution is 5.94. The Hall–Kier alpha value is -1.31. The largest absolute Gasteiger partial charge is 0.371 e. The number of carbonyl (C=O) groups is 1. The lowest BCUT2D eigenvalue weighted by atomic mass is 10.1. The molecule has 2 rings (SSSR count). The summed E-state index contributed by atoms with van der Waals surface area (Å²) in [5.74, 6) is 0.166. The van der Waals surface area contributed by atoms with Crippen LogP contribution in [-0.4, -0.2) is 18.9 Å². The lowest BCUT2D eigenvalue weighted by Crippen LogP contribution is -2.21. The van der Waals surface area contributed by atoms with E-state index in [0.717, 1.165) is 25.1 Å². The van der Waals surface area contributed by atoms with Crippen LogP contribution >= 0.6 is 0 Å². The standard InChI is InChI=1S/C16H23NO/c1-3-4-5-6-10-17-11-9-15-12-14(13(2)18)7-8-16(15)17/h7-8,12H,3-6,9-11H2,1-2H3. The highest BCUT2D eigenvalue weighted by atomic mass is 16.1. The summed E-state index contributed by atoms with van der Waals surface area (Å²) in [6, 6.07) is 6.16. The van der Waals surface area contributed by atoms with E-state index < -0.39 is 0 Å². The summed E-state index contributed by atoms with van der Waals surface area (Å²) in [4.78, 5) is 13.8. The van der Waals surface area contributed by atoms with Crippen molar-refractivity contribution in [2.45, 2.75) is 46.0 Å². The number of fused-ring (bicyclic) bond motifs is 1. The van der Waals surface area contributed by atoms with Crippen LogP contribution in [0.4, 0.5) is 5.69 Å². The molecule has 1 aromatic carbocycles. The van der Waals surface area contributed by atoms with Gasteiger partial charge in [-0.05, 0) is 43.5 Å². The Labute approximate surface area is 110 Å². The summed E-state index contributed by atoms with van der Waals surface area (Å²) in [6.45, 7) is 6.16. The van der Waals surface area contributed by atoms with Gasteiger partial charge in [0.25, 0.3) is 0 Å². The molecule has 1 aliphatic rings. The monoisotopic (exact) mass is 245 g/mol. The summed E-state index contributed by atoms with van der Waals surface area (Å²) in [5.41, 5.74) is 3.54. The minimum Gasteiger partial charge on any atom is -0.371 e. The number of carbonyl (C=O) groups excluding carboxylic acids is 1. The van der Waals surface area contributed by atoms with Crippen LogP contribution in [-0.2, 0) is 6.42 Å². The van der Waals surface area contributed by atoms with Crippen LogP contribution in [0.25, 0.3) is 0 Å². The van der Waals surface area contributed by atoms with Gasteiger partial charge in [-0.25, -0.2) is 0 Å². The van der Waals surface area contributed by atoms with Gasteiger partial charge >= 0.3 is 0 Å². The second-order valence-electron chi connectivity index (χ2n) is 5.20. The first kappa shape index (κ1) is 13.1. The van der Waals surface area contributed by atoms with E-state index in [4.69, 9.17) is 0 Å². The van der Waals surface area contributed by atoms with Crippen LogP contribution in [0, 0.1) is 0 Å². The molecule has 18 heavy (non-hydrogen) atoms. The number of rotatable bonds is 6. The van der Waals surface area contributed by atoms with Crippen molar-refractivity contribution in [2.24, 2.45) is 0 Å². The SMILES string of the molecule is CCCCCCN1CCc2cc(C(C)=O)ccc21. The molecule has 2 heteroatoms. The summed E-state index contributed by atoms with van der Waals surface area (Å²) in [6.07, 6.45) is 6.32. The Balaban J connectivity index is 1.98. The first-order valence-electron chi connectivity index (χ1n) is 7.11. The molecule has 0 amide bonds. The number of unbranched alkanes of at least 4 members (excludes halogenated alkanes) is 3. The van der Waals surface area contributed by atoms with Crippen molar-refractivity contribution in [2.75, 3.05) is 18.0 Å². The molecule has 0 bridgehead atoms. The molecule has 1 aromatic rings. The third-order valence-corrected chi connectivity index (χ3v) is 3.76. The van der Waals surface area contributed by atoms with Gasteiger partial charge in [0.2, 0.25) is 0 Å². The van der Waals surface area contributed by atoms with Gasteiger partial charge in [-0.1, -0.05) is 26.2 Å². The average molecular weight is 245 g/mol. The lowest BCUT2D eigenvalue weighted by molar-refractivity contribution is 0.101. The smallest absolute Gasteiger partial charge is 0.159 e. The van der Waals surface area contributed by atoms with Crippen molar-refractivity contribution in [1.29, 1.82) is 0 Å². The average Bonchev–Trinajstić information content (AvgIpc) is 2.77. The normalized spacial score (nSPS) is 13.8. The maximum absolute atomic E-state index is 11.4. The van der Waals surface area contributed by atoms with E-state index >= 15 is 0 Å². The topological polar surface area (TPSA) is 20.3 Å². The lowest BCUT2D eigenvalue weighted by Gasteiger charge is -2.19. The maximum atomic E-state index is 11.4. The van der Waals surface area contributed by atoms with Crippen molar-refractivity contribution >= 4 is 11.5 Å². The number of benzene rings is 1. The van der Waals surface area contributed by atoms with Crippen molar-refractivity contribution in [3.05, 3.63) is 29.3 Å². The number of hydrogen-bond donors (Lipinski definition) is 0. The molecule has 0 fully saturated rings. The van der Waals surface area contributed by atoms with Crippen LogP contribution in [0.3, 0.4) is 0 Å². The summed E-state index contributed by atoms with van der Waals surface area (Å²) >= 11 is 0. The van der Waals surface area contributed by atoms with Gasteiger partial charge in [0.1, 0.15) is 0 Å². The highest BCUT2D eigenvalue weighted by Gasteiger charge is 2.19. The number of nitrogens with zero attached hydrogens (tertiary/aromatic N) is 1. The van der Waals surface area contributed by atoms with Crippen LogP contribution in [0.5, 0.6) is 0 Å². The maximum Gasteiger partial charge on any atom is 0.159 e. The Morgan fingerprint density at radius 1 is 1.28 bits per heavy atom. The van der Waals surface area contributed by atoms with E-state index in [-0.39, 0.29) is 5.78 Å². The summed E-state index contributed by atoms with van der Waals surface area (Å²) in [5, 5.41) is 0. The van der Waals surface area contributed by atoms with Gasteiger partial charge in [0.05, 0.1) is 0 Å². The number of anilines is 1. The highest BCUT2D eigenvalue weighted by Crippen LogP contribution is 2.29. The van der Waals surface area contributed by atoms with Gasteiger partial charge < -0.3 is 4.90 Å². The number of ketones is 1. The van der Waals surface area contributed by atoms with Gasteiger partial charge in [-0.2, -0.15) is 0 Å². The zero-order chi connectivity index (χ0) is 13.0. The van der Waals surface area contributed by atoms with E-state index in [9.17, 15) is 4.79 Å². The molecule has 0 N–H and O–H groups in total. The van der Waals surface area contributed by atoms with Crippen LogP contribution in [0.1, 0.15) is 55.5 Å². The number of hydrogen-bond acceptors (Lipinski definition) is 2. The van der Waals surface area contributed by atoms with Crippen LogP contribution in [0.15, 0.2) is 18.2 Å². The molecule has 0 radical (unpaired) electrons. The Morgan fingerprint density at radius 2 is 2.11 bits per heavy atom. The second kappa shape index (κ2) is 6.03.